The maximum absolute atomic E-state index is 12.8. The molecule has 6 heteroatoms. The van der Waals surface area contributed by atoms with E-state index in [9.17, 15) is 8.42 Å². The minimum absolute atomic E-state index is 0.147. The topological polar surface area (TPSA) is 42.3 Å². The number of aromatic nitrogens is 1. The van der Waals surface area contributed by atoms with Crippen molar-refractivity contribution in [3.05, 3.63) is 18.0 Å². The molecule has 1 atom stereocenters. The highest BCUT2D eigenvalue weighted by molar-refractivity contribution is 7.89. The van der Waals surface area contributed by atoms with Crippen molar-refractivity contribution in [3.8, 4) is 0 Å². The van der Waals surface area contributed by atoms with Crippen LogP contribution >= 0.6 is 11.6 Å². The smallest absolute Gasteiger partial charge is 0.244 e. The number of nitrogens with zero attached hydrogens (tertiary/aromatic N) is 2. The van der Waals surface area contributed by atoms with Gasteiger partial charge in [-0.05, 0) is 31.7 Å². The van der Waals surface area contributed by atoms with Gasteiger partial charge in [0.15, 0.2) is 0 Å². The maximum Gasteiger partial charge on any atom is 0.244 e. The van der Waals surface area contributed by atoms with Crippen LogP contribution in [0.5, 0.6) is 0 Å². The van der Waals surface area contributed by atoms with E-state index in [-0.39, 0.29) is 6.04 Å². The fourth-order valence-electron chi connectivity index (χ4n) is 2.90. The SMILES string of the molecule is CCCn1cc(S(=O)(=O)N2CCCC2CC)cc1CCl. The van der Waals surface area contributed by atoms with Crippen molar-refractivity contribution in [1.82, 2.24) is 8.87 Å². The van der Waals surface area contributed by atoms with E-state index < -0.39 is 10.0 Å². The van der Waals surface area contributed by atoms with Gasteiger partial charge in [0.1, 0.15) is 4.90 Å². The van der Waals surface area contributed by atoms with E-state index in [1.807, 2.05) is 11.5 Å². The van der Waals surface area contributed by atoms with Gasteiger partial charge in [-0.2, -0.15) is 4.31 Å². The molecule has 1 saturated heterocycles. The Bertz CT molecular complexity index is 554. The molecule has 0 radical (unpaired) electrons. The molecule has 4 nitrogen and oxygen atoms in total. The fourth-order valence-corrected chi connectivity index (χ4v) is 4.96. The Kier molecular flexibility index (Phi) is 5.15. The van der Waals surface area contributed by atoms with Crippen LogP contribution in [0.3, 0.4) is 0 Å². The van der Waals surface area contributed by atoms with Crippen LogP contribution < -0.4 is 0 Å². The van der Waals surface area contributed by atoms with Crippen molar-refractivity contribution in [2.45, 2.75) is 62.9 Å². The van der Waals surface area contributed by atoms with Crippen molar-refractivity contribution in [3.63, 3.8) is 0 Å². The fraction of sp³-hybridized carbons (Fsp3) is 0.714. The minimum Gasteiger partial charge on any atom is -0.349 e. The van der Waals surface area contributed by atoms with Gasteiger partial charge in [0.05, 0.1) is 5.88 Å². The van der Waals surface area contributed by atoms with Crippen LogP contribution in [0.1, 0.15) is 45.2 Å². The number of alkyl halides is 1. The third kappa shape index (κ3) is 2.90. The van der Waals surface area contributed by atoms with Crippen molar-refractivity contribution in [2.75, 3.05) is 6.54 Å². The number of hydrogen-bond acceptors (Lipinski definition) is 2. The summed E-state index contributed by atoms with van der Waals surface area (Å²) in [4.78, 5) is 0.391. The Balaban J connectivity index is 2.34. The zero-order chi connectivity index (χ0) is 14.8. The average Bonchev–Trinajstić information content (AvgIpc) is 3.05. The summed E-state index contributed by atoms with van der Waals surface area (Å²) in [5, 5.41) is 0. The first-order valence-corrected chi connectivity index (χ1v) is 9.28. The highest BCUT2D eigenvalue weighted by Gasteiger charge is 2.34. The number of aryl methyl sites for hydroxylation is 1. The summed E-state index contributed by atoms with van der Waals surface area (Å²) in [6.45, 7) is 5.55. The molecule has 0 aliphatic carbocycles. The van der Waals surface area contributed by atoms with E-state index in [4.69, 9.17) is 11.6 Å². The first-order valence-electron chi connectivity index (χ1n) is 7.31. The first kappa shape index (κ1) is 15.9. The molecule has 0 spiro atoms. The molecule has 2 rings (SSSR count). The largest absolute Gasteiger partial charge is 0.349 e. The molecule has 1 aromatic heterocycles. The van der Waals surface area contributed by atoms with Crippen molar-refractivity contribution in [2.24, 2.45) is 0 Å². The van der Waals surface area contributed by atoms with Crippen LogP contribution in [0.25, 0.3) is 0 Å². The molecule has 0 amide bonds. The van der Waals surface area contributed by atoms with Crippen LogP contribution in [-0.4, -0.2) is 29.9 Å². The van der Waals surface area contributed by atoms with Crippen LogP contribution in [0, 0.1) is 0 Å². The number of hydrogen-bond donors (Lipinski definition) is 0. The van der Waals surface area contributed by atoms with Gasteiger partial charge in [-0.1, -0.05) is 13.8 Å². The van der Waals surface area contributed by atoms with Crippen LogP contribution in [-0.2, 0) is 22.4 Å². The Morgan fingerprint density at radius 2 is 2.15 bits per heavy atom. The number of rotatable bonds is 6. The normalized spacial score (nSPS) is 20.6. The van der Waals surface area contributed by atoms with E-state index in [0.717, 1.165) is 37.9 Å². The lowest BCUT2D eigenvalue weighted by Crippen LogP contribution is -2.34. The second kappa shape index (κ2) is 6.50. The van der Waals surface area contributed by atoms with Gasteiger partial charge in [0, 0.05) is 31.0 Å². The van der Waals surface area contributed by atoms with Gasteiger partial charge < -0.3 is 4.57 Å². The molecule has 0 N–H and O–H groups in total. The van der Waals surface area contributed by atoms with Crippen molar-refractivity contribution >= 4 is 21.6 Å². The zero-order valence-corrected chi connectivity index (χ0v) is 13.8. The van der Waals surface area contributed by atoms with Crippen LogP contribution in [0.2, 0.25) is 0 Å². The quantitative estimate of drug-likeness (QED) is 0.756. The third-order valence-electron chi connectivity index (χ3n) is 3.96. The van der Waals surface area contributed by atoms with Gasteiger partial charge in [0.2, 0.25) is 10.0 Å². The van der Waals surface area contributed by atoms with E-state index in [1.165, 1.54) is 0 Å². The molecule has 1 aliphatic heterocycles. The number of halogens is 1. The summed E-state index contributed by atoms with van der Waals surface area (Å²) in [6, 6.07) is 1.87. The van der Waals surface area contributed by atoms with E-state index >= 15 is 0 Å². The molecule has 1 unspecified atom stereocenters. The van der Waals surface area contributed by atoms with Gasteiger partial charge >= 0.3 is 0 Å². The minimum atomic E-state index is -3.38. The number of sulfonamides is 1. The Morgan fingerprint density at radius 1 is 1.40 bits per heavy atom. The molecule has 2 heterocycles. The lowest BCUT2D eigenvalue weighted by molar-refractivity contribution is 0.379. The molecule has 20 heavy (non-hydrogen) atoms. The Morgan fingerprint density at radius 3 is 2.75 bits per heavy atom. The second-order valence-corrected chi connectivity index (χ2v) is 7.47. The van der Waals surface area contributed by atoms with E-state index in [2.05, 4.69) is 6.92 Å². The average molecular weight is 319 g/mol. The van der Waals surface area contributed by atoms with Gasteiger partial charge in [-0.25, -0.2) is 8.42 Å². The Labute approximate surface area is 126 Å². The highest BCUT2D eigenvalue weighted by atomic mass is 35.5. The Hall–Kier alpha value is -0.520. The zero-order valence-electron chi connectivity index (χ0n) is 12.2. The van der Waals surface area contributed by atoms with Crippen molar-refractivity contribution < 1.29 is 8.42 Å². The highest BCUT2D eigenvalue weighted by Crippen LogP contribution is 2.29. The second-order valence-electron chi connectivity index (χ2n) is 5.31. The maximum atomic E-state index is 12.8. The van der Waals surface area contributed by atoms with Gasteiger partial charge in [-0.3, -0.25) is 0 Å². The summed E-state index contributed by atoms with van der Waals surface area (Å²) in [6.07, 6.45) is 5.49. The molecule has 1 aromatic rings. The molecular weight excluding hydrogens is 296 g/mol. The first-order chi connectivity index (χ1) is 9.54. The molecule has 0 aromatic carbocycles. The van der Waals surface area contributed by atoms with Crippen LogP contribution in [0.4, 0.5) is 0 Å². The van der Waals surface area contributed by atoms with Gasteiger partial charge in [0.25, 0.3) is 0 Å². The lowest BCUT2D eigenvalue weighted by atomic mass is 10.2. The van der Waals surface area contributed by atoms with Crippen LogP contribution in [0.15, 0.2) is 17.2 Å². The molecule has 0 bridgehead atoms. The predicted molar refractivity (Wildman–Crippen MR) is 81.5 cm³/mol. The van der Waals surface area contributed by atoms with E-state index in [1.54, 1.807) is 16.6 Å². The molecule has 0 saturated carbocycles. The monoisotopic (exact) mass is 318 g/mol. The van der Waals surface area contributed by atoms with Gasteiger partial charge in [-0.15, -0.1) is 11.6 Å². The molecule has 1 aliphatic rings. The van der Waals surface area contributed by atoms with Crippen molar-refractivity contribution in [1.29, 1.82) is 0 Å². The molecule has 114 valence electrons. The summed E-state index contributed by atoms with van der Waals surface area (Å²) in [5.41, 5.74) is 0.874. The summed E-state index contributed by atoms with van der Waals surface area (Å²) < 4.78 is 29.1. The summed E-state index contributed by atoms with van der Waals surface area (Å²) >= 11 is 5.92. The van der Waals surface area contributed by atoms with E-state index in [0.29, 0.717) is 17.3 Å². The lowest BCUT2D eigenvalue weighted by Gasteiger charge is -2.22. The third-order valence-corrected chi connectivity index (χ3v) is 6.15. The summed E-state index contributed by atoms with van der Waals surface area (Å²) in [7, 11) is -3.38. The standard InChI is InChI=1S/C14H23ClN2O2S/c1-3-7-16-11-14(9-13(16)10-15)20(18,19)17-8-5-6-12(17)4-2/h9,11-12H,3-8,10H2,1-2H3. The summed E-state index contributed by atoms with van der Waals surface area (Å²) in [5.74, 6) is 0.340. The molecule has 1 fully saturated rings. The predicted octanol–water partition coefficient (Wildman–Crippen LogP) is 3.20. The molecular formula is C14H23ClN2O2S.